The molecule has 0 saturated heterocycles. The molecule has 3 rings (SSSR count). The molecule has 1 aliphatic carbocycles. The fourth-order valence-corrected chi connectivity index (χ4v) is 2.52. The number of halogens is 3. The van der Waals surface area contributed by atoms with Gasteiger partial charge >= 0.3 is 0 Å². The van der Waals surface area contributed by atoms with Gasteiger partial charge in [-0.2, -0.15) is 0 Å². The molecule has 0 saturated carbocycles. The van der Waals surface area contributed by atoms with Crippen molar-refractivity contribution in [2.45, 2.75) is 13.3 Å². The van der Waals surface area contributed by atoms with Crippen molar-refractivity contribution in [1.82, 2.24) is 9.97 Å². The van der Waals surface area contributed by atoms with Gasteiger partial charge in [0.25, 0.3) is 0 Å². The minimum atomic E-state index is -0.388. The zero-order valence-electron chi connectivity index (χ0n) is 10.5. The number of hydrogen-bond donors (Lipinski definition) is 0. The summed E-state index contributed by atoms with van der Waals surface area (Å²) in [6, 6.07) is 3.46. The van der Waals surface area contributed by atoms with Gasteiger partial charge < -0.3 is 4.74 Å². The van der Waals surface area contributed by atoms with Crippen molar-refractivity contribution < 1.29 is 9.13 Å². The zero-order chi connectivity index (χ0) is 14.3. The van der Waals surface area contributed by atoms with Gasteiger partial charge in [-0.25, -0.2) is 14.4 Å². The minimum Gasteiger partial charge on any atom is -0.435 e. The summed E-state index contributed by atoms with van der Waals surface area (Å²) in [5.41, 5.74) is 2.67. The van der Waals surface area contributed by atoms with E-state index in [1.165, 1.54) is 6.33 Å². The van der Waals surface area contributed by atoms with E-state index < -0.39 is 0 Å². The van der Waals surface area contributed by atoms with Crippen LogP contribution in [0.3, 0.4) is 0 Å². The summed E-state index contributed by atoms with van der Waals surface area (Å²) in [5.74, 6) is -0.0892. The van der Waals surface area contributed by atoms with Gasteiger partial charge in [-0.3, -0.25) is 0 Å². The van der Waals surface area contributed by atoms with Gasteiger partial charge in [-0.05, 0) is 40.9 Å². The van der Waals surface area contributed by atoms with Gasteiger partial charge in [0.05, 0.1) is 0 Å². The van der Waals surface area contributed by atoms with Crippen LogP contribution in [0.5, 0.6) is 11.6 Å². The van der Waals surface area contributed by atoms with Crippen LogP contribution in [-0.4, -0.2) is 9.97 Å². The molecule has 0 bridgehead atoms. The first kappa shape index (κ1) is 13.5. The molecule has 1 aliphatic rings. The lowest BCUT2D eigenvalue weighted by molar-refractivity contribution is 0.423. The summed E-state index contributed by atoms with van der Waals surface area (Å²) in [6.45, 7) is 1.97. The monoisotopic (exact) mass is 354 g/mol. The summed E-state index contributed by atoms with van der Waals surface area (Å²) < 4.78 is 20.3. The third-order valence-electron chi connectivity index (χ3n) is 3.02. The van der Waals surface area contributed by atoms with Crippen LogP contribution in [0.25, 0.3) is 6.08 Å². The lowest BCUT2D eigenvalue weighted by Gasteiger charge is -2.10. The van der Waals surface area contributed by atoms with E-state index in [1.807, 2.05) is 19.1 Å². The Kier molecular flexibility index (Phi) is 3.48. The molecule has 0 aliphatic heterocycles. The molecule has 0 radical (unpaired) electrons. The Bertz CT molecular complexity index is 733. The molecular weight excluding hydrogens is 347 g/mol. The SMILES string of the molecule is CC1=Cc2c(ccc(Oc3ncnc(Cl)c3Br)c2F)C1. The Balaban J connectivity index is 2.00. The molecule has 102 valence electrons. The van der Waals surface area contributed by atoms with Crippen molar-refractivity contribution in [3.63, 3.8) is 0 Å². The molecule has 20 heavy (non-hydrogen) atoms. The standard InChI is InChI=1S/C14H9BrClFN2O/c1-7-4-8-2-3-10(12(17)9(8)5-7)20-14-11(15)13(16)18-6-19-14/h2-3,5-6H,4H2,1H3. The number of benzene rings is 1. The molecular formula is C14H9BrClFN2O. The number of ether oxygens (including phenoxy) is 1. The van der Waals surface area contributed by atoms with Gasteiger partial charge in [0, 0.05) is 5.56 Å². The third kappa shape index (κ3) is 2.31. The van der Waals surface area contributed by atoms with Crippen molar-refractivity contribution in [2.24, 2.45) is 0 Å². The van der Waals surface area contributed by atoms with Crippen LogP contribution in [-0.2, 0) is 6.42 Å². The van der Waals surface area contributed by atoms with Gasteiger partial charge in [0.15, 0.2) is 16.7 Å². The normalized spacial score (nSPS) is 13.1. The van der Waals surface area contributed by atoms with Crippen LogP contribution in [0.2, 0.25) is 5.15 Å². The average molecular weight is 356 g/mol. The van der Waals surface area contributed by atoms with Crippen LogP contribution in [0.1, 0.15) is 18.1 Å². The fraction of sp³-hybridized carbons (Fsp3) is 0.143. The van der Waals surface area contributed by atoms with Crippen molar-refractivity contribution >= 4 is 33.6 Å². The van der Waals surface area contributed by atoms with Crippen LogP contribution in [0.4, 0.5) is 4.39 Å². The molecule has 0 amide bonds. The largest absolute Gasteiger partial charge is 0.435 e. The topological polar surface area (TPSA) is 35.0 Å². The van der Waals surface area contributed by atoms with Gasteiger partial charge in [0.1, 0.15) is 10.8 Å². The first-order valence-electron chi connectivity index (χ1n) is 5.88. The lowest BCUT2D eigenvalue weighted by atomic mass is 10.1. The van der Waals surface area contributed by atoms with E-state index in [0.717, 1.165) is 17.6 Å². The molecule has 6 heteroatoms. The highest BCUT2D eigenvalue weighted by molar-refractivity contribution is 9.10. The quantitative estimate of drug-likeness (QED) is 0.727. The Labute approximate surface area is 128 Å². The van der Waals surface area contributed by atoms with E-state index in [1.54, 1.807) is 6.07 Å². The lowest BCUT2D eigenvalue weighted by Crippen LogP contribution is -1.96. The van der Waals surface area contributed by atoms with Crippen molar-refractivity contribution in [3.05, 3.63) is 50.6 Å². The van der Waals surface area contributed by atoms with Crippen molar-refractivity contribution in [1.29, 1.82) is 0 Å². The summed E-state index contributed by atoms with van der Waals surface area (Å²) in [4.78, 5) is 7.73. The van der Waals surface area contributed by atoms with E-state index >= 15 is 0 Å². The molecule has 1 aromatic carbocycles. The smallest absolute Gasteiger partial charge is 0.238 e. The number of rotatable bonds is 2. The van der Waals surface area contributed by atoms with Crippen LogP contribution in [0, 0.1) is 5.82 Å². The zero-order valence-corrected chi connectivity index (χ0v) is 12.8. The first-order chi connectivity index (χ1) is 9.56. The Morgan fingerprint density at radius 1 is 1.35 bits per heavy atom. The molecule has 1 heterocycles. The Morgan fingerprint density at radius 3 is 2.95 bits per heavy atom. The molecule has 0 N–H and O–H groups in total. The summed E-state index contributed by atoms with van der Waals surface area (Å²) in [6.07, 6.45) is 3.87. The number of aromatic nitrogens is 2. The maximum absolute atomic E-state index is 14.4. The number of hydrogen-bond acceptors (Lipinski definition) is 3. The number of fused-ring (bicyclic) bond motifs is 1. The van der Waals surface area contributed by atoms with Gasteiger partial charge in [0.2, 0.25) is 5.88 Å². The van der Waals surface area contributed by atoms with Crippen LogP contribution in [0.15, 0.2) is 28.5 Å². The van der Waals surface area contributed by atoms with E-state index in [4.69, 9.17) is 16.3 Å². The third-order valence-corrected chi connectivity index (χ3v) is 4.25. The molecule has 0 spiro atoms. The highest BCUT2D eigenvalue weighted by Gasteiger charge is 2.19. The fourth-order valence-electron chi connectivity index (χ4n) is 2.11. The van der Waals surface area contributed by atoms with E-state index in [9.17, 15) is 4.39 Å². The van der Waals surface area contributed by atoms with E-state index in [-0.39, 0.29) is 22.6 Å². The molecule has 0 unspecified atom stereocenters. The molecule has 2 aromatic rings. The second-order valence-corrected chi connectivity index (χ2v) is 5.65. The van der Waals surface area contributed by atoms with Gasteiger partial charge in [-0.15, -0.1) is 0 Å². The highest BCUT2D eigenvalue weighted by atomic mass is 79.9. The predicted molar refractivity (Wildman–Crippen MR) is 78.6 cm³/mol. The van der Waals surface area contributed by atoms with Crippen LogP contribution >= 0.6 is 27.5 Å². The average Bonchev–Trinajstić information content (AvgIpc) is 2.80. The van der Waals surface area contributed by atoms with Crippen molar-refractivity contribution in [3.8, 4) is 11.6 Å². The summed E-state index contributed by atoms with van der Waals surface area (Å²) >= 11 is 9.07. The second-order valence-electron chi connectivity index (χ2n) is 4.50. The maximum Gasteiger partial charge on any atom is 0.238 e. The van der Waals surface area contributed by atoms with Crippen LogP contribution < -0.4 is 4.74 Å². The second kappa shape index (κ2) is 5.14. The summed E-state index contributed by atoms with van der Waals surface area (Å²) in [7, 11) is 0. The molecule has 0 atom stereocenters. The maximum atomic E-state index is 14.4. The highest BCUT2D eigenvalue weighted by Crippen LogP contribution is 2.36. The first-order valence-corrected chi connectivity index (χ1v) is 7.05. The minimum absolute atomic E-state index is 0.116. The van der Waals surface area contributed by atoms with E-state index in [2.05, 4.69) is 25.9 Å². The van der Waals surface area contributed by atoms with Gasteiger partial charge in [-0.1, -0.05) is 29.3 Å². The van der Waals surface area contributed by atoms with E-state index in [0.29, 0.717) is 10.0 Å². The molecule has 0 fully saturated rings. The Morgan fingerprint density at radius 2 is 2.15 bits per heavy atom. The predicted octanol–water partition coefficient (Wildman–Crippen LogP) is 4.78. The summed E-state index contributed by atoms with van der Waals surface area (Å²) in [5, 5.41) is 0.215. The number of nitrogens with zero attached hydrogens (tertiary/aromatic N) is 2. The van der Waals surface area contributed by atoms with Crippen molar-refractivity contribution in [2.75, 3.05) is 0 Å². The molecule has 1 aromatic heterocycles. The molecule has 3 nitrogen and oxygen atoms in total. The Hall–Kier alpha value is -1.46. The number of allylic oxidation sites excluding steroid dienone is 1.